The van der Waals surface area contributed by atoms with Gasteiger partial charge in [0.25, 0.3) is 0 Å². The predicted molar refractivity (Wildman–Crippen MR) is 87.5 cm³/mol. The molecule has 134 valence electrons. The van der Waals surface area contributed by atoms with Crippen LogP contribution in [-0.4, -0.2) is 98.2 Å². The lowest BCUT2D eigenvalue weighted by molar-refractivity contribution is 0.00208. The Bertz CT molecular complexity index is 227. The molecule has 7 heteroatoms. The maximum Gasteiger partial charge on any atom is 0.107 e. The van der Waals surface area contributed by atoms with E-state index in [2.05, 4.69) is 5.32 Å². The minimum absolute atomic E-state index is 0. The van der Waals surface area contributed by atoms with E-state index < -0.39 is 18.8 Å². The number of likely N-dealkylation sites (N-methyl/N-ethyl adjacent to an activating group) is 2. The van der Waals surface area contributed by atoms with Crippen LogP contribution in [0.25, 0.3) is 0 Å². The highest BCUT2D eigenvalue weighted by Crippen LogP contribution is 2.18. The van der Waals surface area contributed by atoms with Crippen LogP contribution in [0, 0.1) is 5.92 Å². The SMILES string of the molecule is C.CN(C)CCO.CNCCO.[3H]C1OC(CO)C(O)C1C.[HH]. The first-order valence-corrected chi connectivity index (χ1v) is 6.73. The zero-order valence-electron chi connectivity index (χ0n) is 14.0. The number of aliphatic hydroxyl groups excluding tert-OH is 4. The van der Waals surface area contributed by atoms with Crippen molar-refractivity contribution in [2.45, 2.75) is 26.6 Å². The molecule has 0 aromatic rings. The van der Waals surface area contributed by atoms with E-state index in [4.69, 9.17) is 21.4 Å². The predicted octanol–water partition coefficient (Wildman–Crippen LogP) is -1.00. The van der Waals surface area contributed by atoms with Gasteiger partial charge in [-0.1, -0.05) is 14.4 Å². The van der Waals surface area contributed by atoms with E-state index in [1.54, 1.807) is 14.0 Å². The van der Waals surface area contributed by atoms with Crippen LogP contribution >= 0.6 is 0 Å². The van der Waals surface area contributed by atoms with Crippen molar-refractivity contribution in [3.05, 3.63) is 0 Å². The van der Waals surface area contributed by atoms with Gasteiger partial charge in [0, 0.05) is 20.4 Å². The quantitative estimate of drug-likeness (QED) is 0.443. The fourth-order valence-electron chi connectivity index (χ4n) is 1.19. The third-order valence-electron chi connectivity index (χ3n) is 2.48. The molecule has 1 rings (SSSR count). The van der Waals surface area contributed by atoms with Crippen molar-refractivity contribution in [2.24, 2.45) is 5.92 Å². The molecule has 0 amide bonds. The molecule has 0 aromatic heterocycles. The van der Waals surface area contributed by atoms with Gasteiger partial charge in [-0.2, -0.15) is 0 Å². The molecule has 4 atom stereocenters. The minimum atomic E-state index is -0.688. The standard InChI is InChI=1S/C6H12O3.C4H11NO.C3H9NO.CH4.H2/c1-4-3-9-5(2-7)6(4)8;1-5(2)3-4-6;1-4-2-3-5;;/h4-8H,2-3H2,1H3;6H,3-4H2,1-2H3;4-5H,2-3H2,1H3;1H4;1H/i3T;;;;. The van der Waals surface area contributed by atoms with Gasteiger partial charge < -0.3 is 35.4 Å². The van der Waals surface area contributed by atoms with E-state index in [1.807, 2.05) is 19.0 Å². The largest absolute Gasteiger partial charge is 0.395 e. The van der Waals surface area contributed by atoms with Gasteiger partial charge >= 0.3 is 0 Å². The summed E-state index contributed by atoms with van der Waals surface area (Å²) in [5.41, 5.74) is 0. The Balaban J connectivity index is -0.000000122. The summed E-state index contributed by atoms with van der Waals surface area (Å²) in [4.78, 5) is 1.93. The molecule has 1 fully saturated rings. The van der Waals surface area contributed by atoms with E-state index in [0.717, 1.165) is 6.54 Å². The van der Waals surface area contributed by atoms with E-state index in [9.17, 15) is 5.11 Å². The molecular formula is C14H38N2O5. The summed E-state index contributed by atoms with van der Waals surface area (Å²) in [7, 11) is 5.66. The molecule has 0 aliphatic carbocycles. The summed E-state index contributed by atoms with van der Waals surface area (Å²) in [6.45, 7) is 2.79. The molecule has 4 unspecified atom stereocenters. The Kier molecular flexibility index (Phi) is 19.5. The Morgan fingerprint density at radius 3 is 2.00 bits per heavy atom. The number of hydrogen-bond donors (Lipinski definition) is 5. The number of hydrogen-bond acceptors (Lipinski definition) is 7. The van der Waals surface area contributed by atoms with Gasteiger partial charge in [0.2, 0.25) is 0 Å². The summed E-state index contributed by atoms with van der Waals surface area (Å²) >= 11 is 0. The number of ether oxygens (including phenoxy) is 1. The second kappa shape index (κ2) is 17.8. The normalized spacial score (nSPS) is 27.8. The van der Waals surface area contributed by atoms with Crippen LogP contribution in [0.4, 0.5) is 0 Å². The first kappa shape index (κ1) is 23.0. The molecule has 5 N–H and O–H groups in total. The van der Waals surface area contributed by atoms with Crippen LogP contribution in [0.2, 0.25) is 0 Å². The zero-order valence-corrected chi connectivity index (χ0v) is 13.0. The van der Waals surface area contributed by atoms with Crippen molar-refractivity contribution < 1.29 is 28.0 Å². The molecule has 0 bridgehead atoms. The molecular weight excluding hydrogens is 276 g/mol. The number of nitrogens with one attached hydrogen (secondary N) is 1. The van der Waals surface area contributed by atoms with Crippen molar-refractivity contribution >= 4 is 0 Å². The molecule has 1 heterocycles. The minimum Gasteiger partial charge on any atom is -0.395 e. The second-order valence-corrected chi connectivity index (χ2v) is 4.70. The highest BCUT2D eigenvalue weighted by molar-refractivity contribution is 4.79. The van der Waals surface area contributed by atoms with Gasteiger partial charge in [-0.05, 0) is 21.1 Å². The molecule has 1 aliphatic heterocycles. The van der Waals surface area contributed by atoms with Gasteiger partial charge in [-0.15, -0.1) is 0 Å². The van der Waals surface area contributed by atoms with Gasteiger partial charge in [-0.3, -0.25) is 0 Å². The average molecular weight is 316 g/mol. The lowest BCUT2D eigenvalue weighted by Crippen LogP contribution is -2.27. The summed E-state index contributed by atoms with van der Waals surface area (Å²) < 4.78 is 12.1. The average Bonchev–Trinajstić information content (AvgIpc) is 2.68. The van der Waals surface area contributed by atoms with Crippen LogP contribution in [0.15, 0.2) is 0 Å². The lowest BCUT2D eigenvalue weighted by Gasteiger charge is -2.10. The highest BCUT2D eigenvalue weighted by atomic mass is 16.5. The van der Waals surface area contributed by atoms with Gasteiger partial charge in [0.15, 0.2) is 0 Å². The molecule has 21 heavy (non-hydrogen) atoms. The van der Waals surface area contributed by atoms with Crippen LogP contribution in [-0.2, 0) is 4.74 Å². The van der Waals surface area contributed by atoms with Crippen molar-refractivity contribution in [3.63, 3.8) is 0 Å². The van der Waals surface area contributed by atoms with Crippen molar-refractivity contribution in [2.75, 3.05) is 60.6 Å². The maximum atomic E-state index is 9.22. The second-order valence-electron chi connectivity index (χ2n) is 4.70. The monoisotopic (exact) mass is 316 g/mol. The molecule has 0 spiro atoms. The number of nitrogens with zero attached hydrogens (tertiary/aromatic N) is 1. The Hall–Kier alpha value is -0.280. The fourth-order valence-corrected chi connectivity index (χ4v) is 1.19. The first-order chi connectivity index (χ1) is 9.85. The molecule has 0 aromatic carbocycles. The van der Waals surface area contributed by atoms with E-state index in [1.165, 1.54) is 0 Å². The maximum absolute atomic E-state index is 9.22. The highest BCUT2D eigenvalue weighted by Gasteiger charge is 2.31. The number of aliphatic hydroxyl groups is 4. The van der Waals surface area contributed by atoms with E-state index in [0.29, 0.717) is 6.54 Å². The lowest BCUT2D eigenvalue weighted by atomic mass is 10.1. The number of rotatable bonds is 5. The van der Waals surface area contributed by atoms with Gasteiger partial charge in [0.05, 0.1) is 33.9 Å². The summed E-state index contributed by atoms with van der Waals surface area (Å²) in [5, 5.41) is 36.8. The van der Waals surface area contributed by atoms with Gasteiger partial charge in [0.1, 0.15) is 6.10 Å². The third kappa shape index (κ3) is 15.9. The molecule has 1 saturated heterocycles. The molecule has 7 nitrogen and oxygen atoms in total. The molecule has 0 radical (unpaired) electrons. The van der Waals surface area contributed by atoms with Crippen molar-refractivity contribution in [1.82, 2.24) is 10.2 Å². The van der Waals surface area contributed by atoms with Crippen LogP contribution in [0.1, 0.15) is 17.1 Å². The van der Waals surface area contributed by atoms with Crippen LogP contribution in [0.5, 0.6) is 0 Å². The third-order valence-corrected chi connectivity index (χ3v) is 2.48. The fraction of sp³-hybridized carbons (Fsp3) is 1.00. The Morgan fingerprint density at radius 1 is 1.33 bits per heavy atom. The van der Waals surface area contributed by atoms with Crippen molar-refractivity contribution in [3.8, 4) is 0 Å². The summed E-state index contributed by atoms with van der Waals surface area (Å²) in [6.07, 6.45) is -1.25. The Labute approximate surface area is 132 Å². The van der Waals surface area contributed by atoms with Crippen LogP contribution in [0.3, 0.4) is 0 Å². The van der Waals surface area contributed by atoms with Gasteiger partial charge in [-0.25, -0.2) is 0 Å². The topological polar surface area (TPSA) is 105 Å². The van der Waals surface area contributed by atoms with Crippen molar-refractivity contribution in [1.29, 1.82) is 0 Å². The molecule has 1 aliphatic rings. The first-order valence-electron chi connectivity index (χ1n) is 7.31. The van der Waals surface area contributed by atoms with E-state index >= 15 is 0 Å². The Morgan fingerprint density at radius 2 is 1.90 bits per heavy atom. The summed E-state index contributed by atoms with van der Waals surface area (Å²) in [5.74, 6) is -0.197. The zero-order chi connectivity index (χ0) is 16.8. The summed E-state index contributed by atoms with van der Waals surface area (Å²) in [6, 6.07) is 0. The van der Waals surface area contributed by atoms with E-state index in [-0.39, 0.29) is 34.6 Å². The molecule has 0 saturated carbocycles. The van der Waals surface area contributed by atoms with Crippen LogP contribution < -0.4 is 5.32 Å². The smallest absolute Gasteiger partial charge is 0.107 e.